The molecule has 4 heteroatoms. The maximum absolute atomic E-state index is 5.76. The first kappa shape index (κ1) is 33.9. The number of hydrogen-bond donors (Lipinski definition) is 0. The van der Waals surface area contributed by atoms with Gasteiger partial charge in [0.15, 0.2) is 0 Å². The van der Waals surface area contributed by atoms with E-state index < -0.39 is 8.40 Å². The van der Waals surface area contributed by atoms with Crippen molar-refractivity contribution in [1.82, 2.24) is 4.57 Å². The SMILES string of the molecule is CC1CCC2C(C1)C1C3CCCCC3CC1N2[Si](C)(C)[N-]C(C)(C)CC(C)(C)C.[CH3-].[CH3-].[CH3-].[Ti+4]. The quantitative estimate of drug-likeness (QED) is 0.272. The number of fused-ring (bicyclic) bond motifs is 5. The van der Waals surface area contributed by atoms with Gasteiger partial charge in [0.2, 0.25) is 0 Å². The molecule has 1 aliphatic heterocycles. The summed E-state index contributed by atoms with van der Waals surface area (Å²) in [4.78, 5) is 5.76. The molecule has 192 valence electrons. The monoisotopic (exact) mass is 510 g/mol. The van der Waals surface area contributed by atoms with Gasteiger partial charge in [-0.05, 0) is 67.1 Å². The Balaban J connectivity index is 0.00000256. The van der Waals surface area contributed by atoms with Crippen molar-refractivity contribution in [3.63, 3.8) is 0 Å². The summed E-state index contributed by atoms with van der Waals surface area (Å²) in [5, 5.41) is 0. The summed E-state index contributed by atoms with van der Waals surface area (Å²) in [6.07, 6.45) is 13.1. The third-order valence-corrected chi connectivity index (χ3v) is 12.0. The predicted molar refractivity (Wildman–Crippen MR) is 148 cm³/mol. The van der Waals surface area contributed by atoms with E-state index in [-0.39, 0.29) is 49.5 Å². The average Bonchev–Trinajstić information content (AvgIpc) is 3.05. The minimum atomic E-state index is -1.83. The van der Waals surface area contributed by atoms with Crippen molar-refractivity contribution in [3.05, 3.63) is 27.3 Å². The van der Waals surface area contributed by atoms with E-state index in [4.69, 9.17) is 4.98 Å². The van der Waals surface area contributed by atoms with Crippen LogP contribution in [0.25, 0.3) is 4.98 Å². The minimum absolute atomic E-state index is 0. The third-order valence-electron chi connectivity index (χ3n) is 8.95. The van der Waals surface area contributed by atoms with E-state index in [0.29, 0.717) is 5.41 Å². The molecule has 3 saturated carbocycles. The molecule has 0 radical (unpaired) electrons. The summed E-state index contributed by atoms with van der Waals surface area (Å²) in [7, 11) is -1.83. The van der Waals surface area contributed by atoms with Crippen LogP contribution >= 0.6 is 0 Å². The first-order chi connectivity index (χ1) is 13.4. The second kappa shape index (κ2) is 11.9. The fourth-order valence-corrected chi connectivity index (χ4v) is 12.9. The Morgan fingerprint density at radius 1 is 0.818 bits per heavy atom. The maximum Gasteiger partial charge on any atom is 4.00 e. The van der Waals surface area contributed by atoms with Gasteiger partial charge in [0.05, 0.1) is 0 Å². The van der Waals surface area contributed by atoms with Crippen molar-refractivity contribution in [2.75, 3.05) is 0 Å². The van der Waals surface area contributed by atoms with Crippen molar-refractivity contribution in [3.8, 4) is 0 Å². The van der Waals surface area contributed by atoms with E-state index >= 15 is 0 Å². The van der Waals surface area contributed by atoms with Crippen LogP contribution in [0.1, 0.15) is 99.3 Å². The van der Waals surface area contributed by atoms with Crippen LogP contribution in [0.3, 0.4) is 0 Å². The summed E-state index contributed by atoms with van der Waals surface area (Å²) in [6.45, 7) is 19.7. The standard InChI is InChI=1S/C26H49N2Si.3CH3.Ti/c1-18-13-14-22-21(15-18)24-20-12-10-9-11-19(20)16-23(24)28(22)29(7,8)27-26(5,6)17-25(2,3)4;;;;/h18-24H,9-17H2,1-8H3;3*1H3;/q4*-1;+4. The van der Waals surface area contributed by atoms with Gasteiger partial charge in [-0.2, -0.15) is 0 Å². The summed E-state index contributed by atoms with van der Waals surface area (Å²) >= 11 is 0. The van der Waals surface area contributed by atoms with Crippen LogP contribution < -0.4 is 0 Å². The van der Waals surface area contributed by atoms with Gasteiger partial charge in [-0.1, -0.05) is 80.3 Å². The smallest absolute Gasteiger partial charge is 0.647 e. The first-order valence-corrected chi connectivity index (χ1v) is 15.8. The molecule has 0 N–H and O–H groups in total. The van der Waals surface area contributed by atoms with Gasteiger partial charge in [0.25, 0.3) is 0 Å². The molecular formula is C29H58N2SiTi. The van der Waals surface area contributed by atoms with E-state index in [2.05, 4.69) is 59.2 Å². The van der Waals surface area contributed by atoms with Crippen LogP contribution in [-0.4, -0.2) is 30.6 Å². The molecular weight excluding hydrogens is 452 g/mol. The topological polar surface area (TPSA) is 17.3 Å². The van der Waals surface area contributed by atoms with Crippen LogP contribution in [0.5, 0.6) is 0 Å². The van der Waals surface area contributed by atoms with Gasteiger partial charge in [-0.15, -0.1) is 5.54 Å². The van der Waals surface area contributed by atoms with Gasteiger partial charge in [0.1, 0.15) is 0 Å². The van der Waals surface area contributed by atoms with Gasteiger partial charge >= 0.3 is 21.7 Å². The van der Waals surface area contributed by atoms with E-state index in [1.807, 2.05) is 0 Å². The van der Waals surface area contributed by atoms with Gasteiger partial charge < -0.3 is 31.8 Å². The minimum Gasteiger partial charge on any atom is -0.647 e. The molecule has 0 amide bonds. The van der Waals surface area contributed by atoms with Gasteiger partial charge in [-0.25, -0.2) is 0 Å². The largest absolute Gasteiger partial charge is 4.00 e. The molecule has 4 rings (SSSR count). The van der Waals surface area contributed by atoms with Crippen molar-refractivity contribution >= 4 is 8.40 Å². The Kier molecular flexibility index (Phi) is 12.2. The molecule has 1 heterocycles. The Morgan fingerprint density at radius 3 is 2.03 bits per heavy atom. The van der Waals surface area contributed by atoms with Crippen LogP contribution in [0, 0.1) is 57.3 Å². The molecule has 7 unspecified atom stereocenters. The molecule has 33 heavy (non-hydrogen) atoms. The van der Waals surface area contributed by atoms with E-state index in [1.165, 1.54) is 57.8 Å². The van der Waals surface area contributed by atoms with Crippen molar-refractivity contribution in [2.45, 2.75) is 130 Å². The van der Waals surface area contributed by atoms with Crippen LogP contribution in [0.4, 0.5) is 0 Å². The average molecular weight is 511 g/mol. The summed E-state index contributed by atoms with van der Waals surface area (Å²) in [6, 6.07) is 1.71. The van der Waals surface area contributed by atoms with Crippen LogP contribution in [0.2, 0.25) is 13.1 Å². The second-order valence-corrected chi connectivity index (χ2v) is 17.5. The normalized spacial score (nSPS) is 36.2. The molecule has 0 aromatic heterocycles. The summed E-state index contributed by atoms with van der Waals surface area (Å²) in [5.41, 5.74) is 0.436. The fraction of sp³-hybridized carbons (Fsp3) is 0.897. The van der Waals surface area contributed by atoms with E-state index in [9.17, 15) is 0 Å². The van der Waals surface area contributed by atoms with E-state index in [1.54, 1.807) is 0 Å². The van der Waals surface area contributed by atoms with Crippen molar-refractivity contribution in [2.24, 2.45) is 35.0 Å². The summed E-state index contributed by atoms with van der Waals surface area (Å²) in [5.74, 6) is 5.00. The van der Waals surface area contributed by atoms with Crippen LogP contribution in [0.15, 0.2) is 0 Å². The van der Waals surface area contributed by atoms with Crippen LogP contribution in [-0.2, 0) is 21.7 Å². The Hall–Kier alpha value is 0.851. The molecule has 0 aromatic rings. The van der Waals surface area contributed by atoms with Crippen molar-refractivity contribution < 1.29 is 21.7 Å². The molecule has 7 atom stereocenters. The number of hydrogen-bond acceptors (Lipinski definition) is 1. The molecule has 1 saturated heterocycles. The molecule has 2 nitrogen and oxygen atoms in total. The zero-order chi connectivity index (χ0) is 21.2. The van der Waals surface area contributed by atoms with Gasteiger partial charge in [0, 0.05) is 20.5 Å². The Bertz CT molecular complexity index is 599. The van der Waals surface area contributed by atoms with Gasteiger partial charge in [-0.3, -0.25) is 0 Å². The molecule has 0 spiro atoms. The van der Waals surface area contributed by atoms with Crippen molar-refractivity contribution in [1.29, 1.82) is 0 Å². The Morgan fingerprint density at radius 2 is 1.42 bits per heavy atom. The predicted octanol–water partition coefficient (Wildman–Crippen LogP) is 8.94. The third kappa shape index (κ3) is 7.00. The molecule has 0 aromatic carbocycles. The zero-order valence-electron chi connectivity index (χ0n) is 24.3. The number of rotatable bonds is 4. The Labute approximate surface area is 226 Å². The molecule has 0 bridgehead atoms. The van der Waals surface area contributed by atoms with E-state index in [0.717, 1.165) is 41.7 Å². The maximum atomic E-state index is 5.76. The molecule has 4 fully saturated rings. The second-order valence-electron chi connectivity index (χ2n) is 13.8. The fourth-order valence-electron chi connectivity index (χ4n) is 9.05. The first-order valence-electron chi connectivity index (χ1n) is 12.9. The molecule has 3 aliphatic carbocycles. The number of nitrogens with zero attached hydrogens (tertiary/aromatic N) is 2. The summed E-state index contributed by atoms with van der Waals surface area (Å²) < 4.78 is 3.14. The molecule has 4 aliphatic rings. The zero-order valence-corrected chi connectivity index (χ0v) is 26.9.